The molecule has 0 aromatic carbocycles. The Bertz CT molecular complexity index is 710. The maximum Gasteiger partial charge on any atom is 0.200 e. The molecule has 0 radical (unpaired) electrons. The van der Waals surface area contributed by atoms with E-state index in [2.05, 4.69) is 62.0 Å². The summed E-state index contributed by atoms with van der Waals surface area (Å²) in [7, 11) is -2.10. The van der Waals surface area contributed by atoms with Gasteiger partial charge in [-0.1, -0.05) is 67.5 Å². The average molecular weight is 453 g/mol. The lowest BCUT2D eigenvalue weighted by atomic mass is 9.59. The Kier molecular flexibility index (Phi) is 6.52. The number of aliphatic hydroxyl groups excluding tert-OH is 1. The number of aliphatic hydroxyl groups is 1. The van der Waals surface area contributed by atoms with Gasteiger partial charge in [-0.15, -0.1) is 0 Å². The minimum atomic E-state index is -2.10. The van der Waals surface area contributed by atoms with Crippen molar-refractivity contribution in [1.29, 1.82) is 0 Å². The standard InChI is InChI=1S/C25H44O5Si/c1-13(2)19-20-22(14(3)4)29-18(25(20)24(11,30-25)23(27)21(19)26)12-28-31(15(5)6,16(7)8)17(9)10/h13,15-22,26H,3,12H2,1-2,4-11H3/t18-,19-,20+,21+,22+,24-,25+/m1/s1. The summed E-state index contributed by atoms with van der Waals surface area (Å²) in [6.45, 7) is 26.2. The predicted octanol–water partition coefficient (Wildman–Crippen LogP) is 4.88. The van der Waals surface area contributed by atoms with Gasteiger partial charge in [0.15, 0.2) is 19.7 Å². The average Bonchev–Trinajstić information content (AvgIpc) is 3.16. The van der Waals surface area contributed by atoms with Crippen LogP contribution in [0.15, 0.2) is 12.2 Å². The van der Waals surface area contributed by atoms with Crippen LogP contribution in [0, 0.1) is 17.8 Å². The lowest BCUT2D eigenvalue weighted by Gasteiger charge is -2.43. The molecule has 1 spiro atoms. The summed E-state index contributed by atoms with van der Waals surface area (Å²) >= 11 is 0. The van der Waals surface area contributed by atoms with Crippen molar-refractivity contribution in [2.75, 3.05) is 6.61 Å². The molecule has 2 heterocycles. The Balaban J connectivity index is 2.00. The Morgan fingerprint density at radius 2 is 1.65 bits per heavy atom. The molecule has 0 bridgehead atoms. The van der Waals surface area contributed by atoms with E-state index in [-0.39, 0.29) is 35.7 Å². The fourth-order valence-corrected chi connectivity index (χ4v) is 12.8. The van der Waals surface area contributed by atoms with Crippen LogP contribution in [-0.4, -0.2) is 55.3 Å². The van der Waals surface area contributed by atoms with Gasteiger partial charge in [0.25, 0.3) is 0 Å². The first-order valence-corrected chi connectivity index (χ1v) is 14.2. The van der Waals surface area contributed by atoms with E-state index in [0.717, 1.165) is 5.57 Å². The molecule has 7 atom stereocenters. The number of ketones is 1. The van der Waals surface area contributed by atoms with E-state index in [9.17, 15) is 9.90 Å². The first kappa shape index (κ1) is 25.1. The third kappa shape index (κ3) is 3.27. The van der Waals surface area contributed by atoms with Crippen LogP contribution in [0.25, 0.3) is 0 Å². The third-order valence-electron chi connectivity index (χ3n) is 8.65. The summed E-state index contributed by atoms with van der Waals surface area (Å²) in [4.78, 5) is 13.2. The molecule has 31 heavy (non-hydrogen) atoms. The molecule has 0 aromatic rings. The summed E-state index contributed by atoms with van der Waals surface area (Å²) in [6.07, 6.45) is -1.63. The first-order valence-electron chi connectivity index (χ1n) is 12.1. The number of hydrogen-bond donors (Lipinski definition) is 1. The molecular weight excluding hydrogens is 408 g/mol. The molecule has 0 unspecified atom stereocenters. The molecule has 0 amide bonds. The number of epoxide rings is 1. The van der Waals surface area contributed by atoms with Crippen molar-refractivity contribution in [3.05, 3.63) is 12.2 Å². The van der Waals surface area contributed by atoms with Gasteiger partial charge in [-0.2, -0.15) is 0 Å². The van der Waals surface area contributed by atoms with E-state index < -0.39 is 25.6 Å². The molecule has 178 valence electrons. The molecule has 3 aliphatic rings. The number of rotatable bonds is 8. The van der Waals surface area contributed by atoms with Gasteiger partial charge in [0, 0.05) is 11.8 Å². The highest BCUT2D eigenvalue weighted by Crippen LogP contribution is 2.68. The Morgan fingerprint density at radius 3 is 2.06 bits per heavy atom. The van der Waals surface area contributed by atoms with Crippen LogP contribution in [0.1, 0.15) is 69.2 Å². The summed E-state index contributed by atoms with van der Waals surface area (Å²) in [5, 5.41) is 10.9. The van der Waals surface area contributed by atoms with E-state index in [1.165, 1.54) is 0 Å². The molecule has 3 fully saturated rings. The van der Waals surface area contributed by atoms with Crippen molar-refractivity contribution in [2.24, 2.45) is 17.8 Å². The lowest BCUT2D eigenvalue weighted by molar-refractivity contribution is -0.140. The monoisotopic (exact) mass is 452 g/mol. The van der Waals surface area contributed by atoms with Crippen LogP contribution in [-0.2, 0) is 18.7 Å². The van der Waals surface area contributed by atoms with Gasteiger partial charge in [-0.05, 0) is 36.4 Å². The van der Waals surface area contributed by atoms with Gasteiger partial charge in [-0.3, -0.25) is 4.79 Å². The zero-order valence-electron chi connectivity index (χ0n) is 21.2. The molecule has 0 aromatic heterocycles. The normalized spacial score (nSPS) is 40.1. The highest BCUT2D eigenvalue weighted by Gasteiger charge is 2.86. The van der Waals surface area contributed by atoms with Crippen molar-refractivity contribution in [3.63, 3.8) is 0 Å². The zero-order valence-corrected chi connectivity index (χ0v) is 22.2. The van der Waals surface area contributed by atoms with Gasteiger partial charge in [0.1, 0.15) is 17.8 Å². The molecule has 1 aliphatic carbocycles. The number of carbonyl (C=O) groups excluding carboxylic acids is 1. The van der Waals surface area contributed by atoms with Gasteiger partial charge in [0.05, 0.1) is 12.7 Å². The molecule has 6 heteroatoms. The number of carbonyl (C=O) groups is 1. The lowest BCUT2D eigenvalue weighted by Crippen LogP contribution is -2.59. The maximum atomic E-state index is 13.2. The first-order chi connectivity index (χ1) is 14.2. The van der Waals surface area contributed by atoms with E-state index in [0.29, 0.717) is 23.2 Å². The van der Waals surface area contributed by atoms with Crippen LogP contribution in [0.5, 0.6) is 0 Å². The third-order valence-corrected chi connectivity index (χ3v) is 14.7. The SMILES string of the molecule is C=C(C)[C@@H]1O[C@H](CO[Si](C(C)C)(C(C)C)C(C)C)[C@@]23O[C@]2(C)C(=O)[C@@H](O)[C@H](C(C)C)[C@@H]13. The van der Waals surface area contributed by atoms with Gasteiger partial charge in [-0.25, -0.2) is 0 Å². The zero-order chi connectivity index (χ0) is 23.7. The minimum Gasteiger partial charge on any atom is -0.413 e. The van der Waals surface area contributed by atoms with E-state index in [1.54, 1.807) is 0 Å². The predicted molar refractivity (Wildman–Crippen MR) is 126 cm³/mol. The van der Waals surface area contributed by atoms with Crippen molar-refractivity contribution in [2.45, 2.75) is 115 Å². The smallest absolute Gasteiger partial charge is 0.200 e. The van der Waals surface area contributed by atoms with Crippen molar-refractivity contribution >= 4 is 14.1 Å². The molecule has 2 aliphatic heterocycles. The van der Waals surface area contributed by atoms with Crippen molar-refractivity contribution in [1.82, 2.24) is 0 Å². The Hall–Kier alpha value is -0.533. The van der Waals surface area contributed by atoms with Gasteiger partial charge in [0.2, 0.25) is 0 Å². The topological polar surface area (TPSA) is 68.3 Å². The van der Waals surface area contributed by atoms with Crippen LogP contribution in [0.3, 0.4) is 0 Å². The van der Waals surface area contributed by atoms with Gasteiger partial charge >= 0.3 is 0 Å². The van der Waals surface area contributed by atoms with Crippen LogP contribution in [0.2, 0.25) is 16.6 Å². The minimum absolute atomic E-state index is 0.107. The second-order valence-corrected chi connectivity index (χ2v) is 17.1. The highest BCUT2D eigenvalue weighted by atomic mass is 28.4. The molecule has 5 nitrogen and oxygen atoms in total. The summed E-state index contributed by atoms with van der Waals surface area (Å²) in [5.74, 6) is -0.421. The quantitative estimate of drug-likeness (QED) is 0.323. The second-order valence-electron chi connectivity index (χ2n) is 11.6. The summed E-state index contributed by atoms with van der Waals surface area (Å²) < 4.78 is 19.8. The molecule has 3 rings (SSSR count). The fourth-order valence-electron chi connectivity index (χ4n) is 7.34. The van der Waals surface area contributed by atoms with Gasteiger partial charge < -0.3 is 19.0 Å². The highest BCUT2D eigenvalue weighted by molar-refractivity contribution is 6.77. The number of Topliss-reactive ketones (excluding diaryl/α,β-unsaturated/α-hetero) is 1. The van der Waals surface area contributed by atoms with E-state index in [1.807, 2.05) is 13.8 Å². The Morgan fingerprint density at radius 1 is 1.13 bits per heavy atom. The molecule has 1 saturated carbocycles. The van der Waals surface area contributed by atoms with E-state index >= 15 is 0 Å². The van der Waals surface area contributed by atoms with Crippen LogP contribution in [0.4, 0.5) is 0 Å². The number of hydrogen-bond acceptors (Lipinski definition) is 5. The number of ether oxygens (including phenoxy) is 2. The Labute approximate surface area is 190 Å². The summed E-state index contributed by atoms with van der Waals surface area (Å²) in [5.41, 5.74) is 0.541. The molecule has 2 saturated heterocycles. The largest absolute Gasteiger partial charge is 0.413 e. The van der Waals surface area contributed by atoms with Crippen molar-refractivity contribution in [3.8, 4) is 0 Å². The van der Waals surface area contributed by atoms with Crippen molar-refractivity contribution < 1.29 is 23.8 Å². The summed E-state index contributed by atoms with van der Waals surface area (Å²) in [6, 6.07) is 0. The van der Waals surface area contributed by atoms with E-state index in [4.69, 9.17) is 13.9 Å². The molecular formula is C25H44O5Si. The second kappa shape index (κ2) is 8.05. The maximum absolute atomic E-state index is 13.2. The van der Waals surface area contributed by atoms with Crippen LogP contribution < -0.4 is 0 Å². The van der Waals surface area contributed by atoms with Crippen LogP contribution >= 0.6 is 0 Å². The molecule has 1 N–H and O–H groups in total. The fraction of sp³-hybridized carbons (Fsp3) is 0.880.